The van der Waals surface area contributed by atoms with Crippen LogP contribution in [0.2, 0.25) is 5.28 Å². The fourth-order valence-electron chi connectivity index (χ4n) is 1.79. The van der Waals surface area contributed by atoms with Crippen LogP contribution in [0.25, 0.3) is 11.2 Å². The van der Waals surface area contributed by atoms with Crippen LogP contribution in [0, 0.1) is 5.82 Å². The highest BCUT2D eigenvalue weighted by atomic mass is 79.9. The first kappa shape index (κ1) is 13.3. The van der Waals surface area contributed by atoms with Crippen molar-refractivity contribution in [3.63, 3.8) is 0 Å². The maximum atomic E-state index is 13.2. The summed E-state index contributed by atoms with van der Waals surface area (Å²) in [4.78, 5) is 15.1. The molecule has 0 unspecified atom stereocenters. The lowest BCUT2D eigenvalue weighted by Crippen LogP contribution is -2.04. The van der Waals surface area contributed by atoms with Crippen molar-refractivity contribution < 1.29 is 4.39 Å². The lowest BCUT2D eigenvalue weighted by atomic mass is 10.2. The monoisotopic (exact) mass is 355 g/mol. The van der Waals surface area contributed by atoms with Crippen molar-refractivity contribution >= 4 is 44.5 Å². The highest BCUT2D eigenvalue weighted by Crippen LogP contribution is 2.22. The smallest absolute Gasteiger partial charge is 0.226 e. The van der Waals surface area contributed by atoms with E-state index in [1.807, 2.05) is 0 Å². The van der Waals surface area contributed by atoms with Crippen molar-refractivity contribution in [3.05, 3.63) is 45.7 Å². The molecule has 0 bridgehead atoms. The molecule has 0 radical (unpaired) electrons. The molecule has 2 heterocycles. The van der Waals surface area contributed by atoms with Gasteiger partial charge < -0.3 is 10.3 Å². The Hall–Kier alpha value is -1.73. The molecule has 102 valence electrons. The van der Waals surface area contributed by atoms with Crippen LogP contribution >= 0.6 is 27.5 Å². The summed E-state index contributed by atoms with van der Waals surface area (Å²) in [6.07, 6.45) is 1.51. The minimum absolute atomic E-state index is 0.102. The molecule has 20 heavy (non-hydrogen) atoms. The number of nitrogens with one attached hydrogen (secondary N) is 2. The van der Waals surface area contributed by atoms with Crippen LogP contribution in [0.1, 0.15) is 5.56 Å². The van der Waals surface area contributed by atoms with Gasteiger partial charge in [0.25, 0.3) is 0 Å². The van der Waals surface area contributed by atoms with Gasteiger partial charge in [0.1, 0.15) is 11.3 Å². The zero-order valence-corrected chi connectivity index (χ0v) is 12.3. The summed E-state index contributed by atoms with van der Waals surface area (Å²) < 4.78 is 14.0. The fraction of sp³-hybridized carbons (Fsp3) is 0.0833. The summed E-state index contributed by atoms with van der Waals surface area (Å²) in [5.74, 6) is 0.228. The average Bonchev–Trinajstić information content (AvgIpc) is 2.87. The average molecular weight is 357 g/mol. The van der Waals surface area contributed by atoms with Crippen molar-refractivity contribution in [2.45, 2.75) is 6.54 Å². The van der Waals surface area contributed by atoms with Gasteiger partial charge in [0.05, 0.1) is 6.33 Å². The second kappa shape index (κ2) is 5.34. The lowest BCUT2D eigenvalue weighted by Gasteiger charge is -2.08. The second-order valence-corrected chi connectivity index (χ2v) is 5.22. The van der Waals surface area contributed by atoms with Crippen LogP contribution in [0.5, 0.6) is 0 Å². The van der Waals surface area contributed by atoms with E-state index >= 15 is 0 Å². The molecule has 3 aromatic rings. The van der Waals surface area contributed by atoms with Crippen molar-refractivity contribution in [2.24, 2.45) is 0 Å². The van der Waals surface area contributed by atoms with E-state index in [4.69, 9.17) is 11.6 Å². The molecule has 5 nitrogen and oxygen atoms in total. The molecule has 0 spiro atoms. The lowest BCUT2D eigenvalue weighted by molar-refractivity contribution is 0.625. The van der Waals surface area contributed by atoms with Gasteiger partial charge in [0, 0.05) is 11.0 Å². The number of nitrogens with zero attached hydrogens (tertiary/aromatic N) is 3. The number of aromatic amines is 1. The Morgan fingerprint density at radius 1 is 1.35 bits per heavy atom. The highest BCUT2D eigenvalue weighted by molar-refractivity contribution is 9.10. The Morgan fingerprint density at radius 3 is 3.05 bits per heavy atom. The van der Waals surface area contributed by atoms with Gasteiger partial charge in [0.2, 0.25) is 5.28 Å². The number of imidazole rings is 1. The first-order valence-corrected chi connectivity index (χ1v) is 6.85. The predicted molar refractivity (Wildman–Crippen MR) is 78.1 cm³/mol. The van der Waals surface area contributed by atoms with Gasteiger partial charge >= 0.3 is 0 Å². The normalized spacial score (nSPS) is 10.9. The van der Waals surface area contributed by atoms with Gasteiger partial charge in [-0.25, -0.2) is 9.37 Å². The molecule has 0 aliphatic heterocycles. The van der Waals surface area contributed by atoms with Gasteiger partial charge in [-0.2, -0.15) is 9.97 Å². The summed E-state index contributed by atoms with van der Waals surface area (Å²) >= 11 is 9.21. The Labute approximate surface area is 126 Å². The number of anilines is 1. The molecule has 0 saturated heterocycles. The number of halogens is 3. The van der Waals surface area contributed by atoms with Crippen molar-refractivity contribution in [3.8, 4) is 0 Å². The highest BCUT2D eigenvalue weighted by Gasteiger charge is 2.09. The first-order chi connectivity index (χ1) is 9.63. The fourth-order valence-corrected chi connectivity index (χ4v) is 2.34. The number of fused-ring (bicyclic) bond motifs is 1. The maximum absolute atomic E-state index is 13.2. The van der Waals surface area contributed by atoms with E-state index in [1.165, 1.54) is 18.5 Å². The van der Waals surface area contributed by atoms with Crippen LogP contribution in [0.15, 0.2) is 29.0 Å². The zero-order chi connectivity index (χ0) is 14.1. The number of hydrogen-bond acceptors (Lipinski definition) is 4. The van der Waals surface area contributed by atoms with Gasteiger partial charge in [-0.15, -0.1) is 0 Å². The van der Waals surface area contributed by atoms with Crippen LogP contribution in [-0.2, 0) is 6.54 Å². The van der Waals surface area contributed by atoms with Crippen LogP contribution in [0.4, 0.5) is 10.2 Å². The zero-order valence-electron chi connectivity index (χ0n) is 9.99. The van der Waals surface area contributed by atoms with E-state index in [9.17, 15) is 4.39 Å². The molecule has 0 saturated carbocycles. The van der Waals surface area contributed by atoms with Crippen LogP contribution < -0.4 is 5.32 Å². The minimum Gasteiger partial charge on any atom is -0.364 e. The topological polar surface area (TPSA) is 66.5 Å². The van der Waals surface area contributed by atoms with E-state index in [0.717, 1.165) is 10.0 Å². The summed E-state index contributed by atoms with van der Waals surface area (Å²) in [5, 5.41) is 3.20. The summed E-state index contributed by atoms with van der Waals surface area (Å²) in [5.41, 5.74) is 1.90. The number of aromatic nitrogens is 4. The number of benzene rings is 1. The van der Waals surface area contributed by atoms with E-state index in [1.54, 1.807) is 6.07 Å². The minimum atomic E-state index is -0.294. The van der Waals surface area contributed by atoms with Crippen molar-refractivity contribution in [1.82, 2.24) is 19.9 Å². The molecule has 8 heteroatoms. The summed E-state index contributed by atoms with van der Waals surface area (Å²) in [6, 6.07) is 4.50. The molecular formula is C12H8BrClFN5. The maximum Gasteiger partial charge on any atom is 0.226 e. The van der Waals surface area contributed by atoms with E-state index in [-0.39, 0.29) is 11.1 Å². The molecule has 1 aromatic carbocycles. The second-order valence-electron chi connectivity index (χ2n) is 4.03. The molecule has 0 amide bonds. The molecule has 3 rings (SSSR count). The molecule has 0 atom stereocenters. The molecule has 2 aromatic heterocycles. The third-order valence-electron chi connectivity index (χ3n) is 2.71. The standard InChI is InChI=1S/C12H8BrClFN5/c13-8-2-1-7(15)3-6(8)4-16-10-9-11(18-5-17-9)20-12(14)19-10/h1-3,5H,4H2,(H2,16,17,18,19,20). The SMILES string of the molecule is Fc1ccc(Br)c(CNc2nc(Cl)nc3nc[nH]c23)c1. The molecule has 0 aliphatic carbocycles. The molecular weight excluding hydrogens is 349 g/mol. The van der Waals surface area contributed by atoms with Gasteiger partial charge in [0.15, 0.2) is 11.5 Å². The first-order valence-electron chi connectivity index (χ1n) is 5.68. The van der Waals surface area contributed by atoms with E-state index < -0.39 is 0 Å². The van der Waals surface area contributed by atoms with Crippen LogP contribution in [0.3, 0.4) is 0 Å². The Morgan fingerprint density at radius 2 is 2.20 bits per heavy atom. The van der Waals surface area contributed by atoms with Crippen molar-refractivity contribution in [1.29, 1.82) is 0 Å². The van der Waals surface area contributed by atoms with E-state index in [0.29, 0.717) is 23.5 Å². The predicted octanol–water partition coefficient (Wildman–Crippen LogP) is 3.52. The molecule has 0 aliphatic rings. The largest absolute Gasteiger partial charge is 0.364 e. The third kappa shape index (κ3) is 2.59. The molecule has 2 N–H and O–H groups in total. The third-order valence-corrected chi connectivity index (χ3v) is 3.66. The summed E-state index contributed by atoms with van der Waals surface area (Å²) in [6.45, 7) is 0.389. The summed E-state index contributed by atoms with van der Waals surface area (Å²) in [7, 11) is 0. The number of hydrogen-bond donors (Lipinski definition) is 2. The number of rotatable bonds is 3. The van der Waals surface area contributed by atoms with E-state index in [2.05, 4.69) is 41.2 Å². The Kier molecular flexibility index (Phi) is 3.54. The quantitative estimate of drug-likeness (QED) is 0.705. The number of H-pyrrole nitrogens is 1. The van der Waals surface area contributed by atoms with Gasteiger partial charge in [-0.3, -0.25) is 0 Å². The molecule has 0 fully saturated rings. The van der Waals surface area contributed by atoms with Crippen molar-refractivity contribution in [2.75, 3.05) is 5.32 Å². The Balaban J connectivity index is 1.90. The Bertz CT molecular complexity index is 776. The van der Waals surface area contributed by atoms with Crippen LogP contribution in [-0.4, -0.2) is 19.9 Å². The van der Waals surface area contributed by atoms with Gasteiger partial charge in [-0.05, 0) is 35.4 Å². The van der Waals surface area contributed by atoms with Gasteiger partial charge in [-0.1, -0.05) is 15.9 Å².